The van der Waals surface area contributed by atoms with Crippen molar-refractivity contribution in [3.8, 4) is 5.69 Å². The van der Waals surface area contributed by atoms with E-state index in [9.17, 15) is 4.79 Å². The molecular formula is C22H22N4O. The Kier molecular flexibility index (Phi) is 4.28. The van der Waals surface area contributed by atoms with E-state index in [4.69, 9.17) is 0 Å². The number of aryl methyl sites for hydroxylation is 1. The van der Waals surface area contributed by atoms with E-state index in [0.717, 1.165) is 27.8 Å². The number of hydrogen-bond donors (Lipinski definition) is 1. The number of carbonyl (C=O) groups is 1. The first-order valence-corrected chi connectivity index (χ1v) is 9.01. The first-order chi connectivity index (χ1) is 13.1. The highest BCUT2D eigenvalue weighted by molar-refractivity contribution is 6.07. The zero-order valence-corrected chi connectivity index (χ0v) is 15.7. The normalized spacial score (nSPS) is 12.3. The third-order valence-corrected chi connectivity index (χ3v) is 5.00. The molecule has 2 aromatic carbocycles. The Morgan fingerprint density at radius 3 is 2.56 bits per heavy atom. The van der Waals surface area contributed by atoms with Crippen LogP contribution in [0.1, 0.15) is 34.6 Å². The van der Waals surface area contributed by atoms with Gasteiger partial charge in [-0.1, -0.05) is 36.4 Å². The third-order valence-electron chi connectivity index (χ3n) is 5.00. The fraction of sp³-hybridized carbons (Fsp3) is 0.182. The van der Waals surface area contributed by atoms with Crippen LogP contribution in [0.2, 0.25) is 0 Å². The van der Waals surface area contributed by atoms with Gasteiger partial charge in [-0.2, -0.15) is 5.10 Å². The maximum atomic E-state index is 12.9. The van der Waals surface area contributed by atoms with Gasteiger partial charge in [0.2, 0.25) is 0 Å². The largest absolute Gasteiger partial charge is 0.350 e. The van der Waals surface area contributed by atoms with Crippen LogP contribution in [0.4, 0.5) is 0 Å². The van der Waals surface area contributed by atoms with Crippen molar-refractivity contribution in [3.63, 3.8) is 0 Å². The van der Waals surface area contributed by atoms with Gasteiger partial charge in [0.15, 0.2) is 0 Å². The van der Waals surface area contributed by atoms with E-state index in [0.29, 0.717) is 5.56 Å². The average molecular weight is 358 g/mol. The lowest BCUT2D eigenvalue weighted by Gasteiger charge is -2.14. The van der Waals surface area contributed by atoms with Crippen LogP contribution in [0, 0.1) is 6.92 Å². The van der Waals surface area contributed by atoms with E-state index in [1.165, 1.54) is 0 Å². The maximum absolute atomic E-state index is 12.9. The number of amides is 1. The van der Waals surface area contributed by atoms with Crippen LogP contribution in [-0.2, 0) is 7.05 Å². The first-order valence-electron chi connectivity index (χ1n) is 9.01. The standard InChI is InChI=1S/C22H22N4O/c1-15(19-13-23-26(16(19)2)17-9-5-4-6-10-17)24-22(27)20-14-25(3)21-12-8-7-11-18(20)21/h4-15H,1-3H3,(H,24,27)/t15-/m1/s1. The number of nitrogens with zero attached hydrogens (tertiary/aromatic N) is 3. The first kappa shape index (κ1) is 17.1. The predicted octanol–water partition coefficient (Wildman–Crippen LogP) is 4.16. The predicted molar refractivity (Wildman–Crippen MR) is 107 cm³/mol. The molecule has 0 spiro atoms. The molecule has 1 atom stereocenters. The molecule has 2 heterocycles. The van der Waals surface area contributed by atoms with Crippen molar-refractivity contribution >= 4 is 16.8 Å². The minimum Gasteiger partial charge on any atom is -0.350 e. The summed E-state index contributed by atoms with van der Waals surface area (Å²) in [5.41, 5.74) is 4.77. The van der Waals surface area contributed by atoms with Crippen molar-refractivity contribution < 1.29 is 4.79 Å². The highest BCUT2D eigenvalue weighted by Crippen LogP contribution is 2.23. The fourth-order valence-electron chi connectivity index (χ4n) is 3.55. The molecule has 0 unspecified atom stereocenters. The Morgan fingerprint density at radius 1 is 1.07 bits per heavy atom. The summed E-state index contributed by atoms with van der Waals surface area (Å²) >= 11 is 0. The summed E-state index contributed by atoms with van der Waals surface area (Å²) in [4.78, 5) is 12.9. The lowest BCUT2D eigenvalue weighted by atomic mass is 10.1. The zero-order chi connectivity index (χ0) is 19.0. The molecular weight excluding hydrogens is 336 g/mol. The van der Waals surface area contributed by atoms with Gasteiger partial charge in [0.05, 0.1) is 23.5 Å². The SMILES string of the molecule is Cc1c([C@@H](C)NC(=O)c2cn(C)c3ccccc23)cnn1-c1ccccc1. The van der Waals surface area contributed by atoms with Gasteiger partial charge in [0, 0.05) is 35.4 Å². The highest BCUT2D eigenvalue weighted by Gasteiger charge is 2.19. The van der Waals surface area contributed by atoms with Gasteiger partial charge < -0.3 is 9.88 Å². The van der Waals surface area contributed by atoms with E-state index in [1.54, 1.807) is 0 Å². The molecule has 27 heavy (non-hydrogen) atoms. The van der Waals surface area contributed by atoms with Crippen molar-refractivity contribution in [1.29, 1.82) is 0 Å². The van der Waals surface area contributed by atoms with Crippen molar-refractivity contribution in [2.45, 2.75) is 19.9 Å². The monoisotopic (exact) mass is 358 g/mol. The van der Waals surface area contributed by atoms with Gasteiger partial charge in [-0.05, 0) is 32.0 Å². The molecule has 4 rings (SSSR count). The number of hydrogen-bond acceptors (Lipinski definition) is 2. The molecule has 136 valence electrons. The number of aromatic nitrogens is 3. The van der Waals surface area contributed by atoms with Crippen LogP contribution in [-0.4, -0.2) is 20.3 Å². The van der Waals surface area contributed by atoms with Gasteiger partial charge in [-0.15, -0.1) is 0 Å². The number of benzene rings is 2. The quantitative estimate of drug-likeness (QED) is 0.595. The minimum absolute atomic E-state index is 0.0776. The molecule has 0 radical (unpaired) electrons. The molecule has 2 aromatic heterocycles. The van der Waals surface area contributed by atoms with Crippen molar-refractivity contribution in [2.75, 3.05) is 0 Å². The van der Waals surface area contributed by atoms with Crippen LogP contribution in [0.5, 0.6) is 0 Å². The van der Waals surface area contributed by atoms with E-state index in [-0.39, 0.29) is 11.9 Å². The Bertz CT molecular complexity index is 1110. The van der Waals surface area contributed by atoms with Gasteiger partial charge in [0.1, 0.15) is 0 Å². The van der Waals surface area contributed by atoms with Crippen LogP contribution >= 0.6 is 0 Å². The molecule has 0 fully saturated rings. The Labute approximate surface area is 158 Å². The lowest BCUT2D eigenvalue weighted by molar-refractivity contribution is 0.0941. The average Bonchev–Trinajstić information content (AvgIpc) is 3.23. The minimum atomic E-state index is -0.145. The molecule has 0 saturated carbocycles. The van der Waals surface area contributed by atoms with Gasteiger partial charge in [0.25, 0.3) is 5.91 Å². The van der Waals surface area contributed by atoms with E-state index in [2.05, 4.69) is 10.4 Å². The van der Waals surface area contributed by atoms with Gasteiger partial charge in [-0.3, -0.25) is 4.79 Å². The highest BCUT2D eigenvalue weighted by atomic mass is 16.1. The molecule has 0 bridgehead atoms. The second-order valence-corrected chi connectivity index (χ2v) is 6.80. The van der Waals surface area contributed by atoms with Crippen LogP contribution in [0.25, 0.3) is 16.6 Å². The Morgan fingerprint density at radius 2 is 1.78 bits per heavy atom. The summed E-state index contributed by atoms with van der Waals surface area (Å²) in [5, 5.41) is 8.58. The van der Waals surface area contributed by atoms with Gasteiger partial charge in [-0.25, -0.2) is 4.68 Å². The van der Waals surface area contributed by atoms with Crippen LogP contribution in [0.15, 0.2) is 67.0 Å². The molecule has 0 aliphatic heterocycles. The van der Waals surface area contributed by atoms with Crippen LogP contribution < -0.4 is 5.32 Å². The number of carbonyl (C=O) groups excluding carboxylic acids is 1. The molecule has 0 saturated heterocycles. The van der Waals surface area contributed by atoms with Crippen LogP contribution in [0.3, 0.4) is 0 Å². The summed E-state index contributed by atoms with van der Waals surface area (Å²) in [7, 11) is 1.95. The number of para-hydroxylation sites is 2. The molecule has 1 N–H and O–H groups in total. The van der Waals surface area contributed by atoms with Crippen molar-refractivity contribution in [3.05, 3.63) is 83.8 Å². The smallest absolute Gasteiger partial charge is 0.253 e. The summed E-state index contributed by atoms with van der Waals surface area (Å²) < 4.78 is 3.88. The second kappa shape index (κ2) is 6.76. The summed E-state index contributed by atoms with van der Waals surface area (Å²) in [6, 6.07) is 17.8. The Balaban J connectivity index is 1.60. The second-order valence-electron chi connectivity index (χ2n) is 6.80. The third kappa shape index (κ3) is 3.01. The van der Waals surface area contributed by atoms with Crippen molar-refractivity contribution in [1.82, 2.24) is 19.7 Å². The number of fused-ring (bicyclic) bond motifs is 1. The molecule has 5 heteroatoms. The summed E-state index contributed by atoms with van der Waals surface area (Å²) in [6.07, 6.45) is 3.71. The maximum Gasteiger partial charge on any atom is 0.253 e. The topological polar surface area (TPSA) is 51.9 Å². The summed E-state index contributed by atoms with van der Waals surface area (Å²) in [5.74, 6) is -0.0776. The van der Waals surface area contributed by atoms with E-state index in [1.807, 2.05) is 97.1 Å². The van der Waals surface area contributed by atoms with Crippen molar-refractivity contribution in [2.24, 2.45) is 7.05 Å². The molecule has 4 aromatic rings. The zero-order valence-electron chi connectivity index (χ0n) is 15.7. The molecule has 0 aliphatic rings. The number of nitrogens with one attached hydrogen (secondary N) is 1. The summed E-state index contributed by atoms with van der Waals surface area (Å²) in [6.45, 7) is 4.01. The van der Waals surface area contributed by atoms with Gasteiger partial charge >= 0.3 is 0 Å². The molecule has 1 amide bonds. The van der Waals surface area contributed by atoms with E-state index >= 15 is 0 Å². The molecule has 5 nitrogen and oxygen atoms in total. The fourth-order valence-corrected chi connectivity index (χ4v) is 3.55. The lowest BCUT2D eigenvalue weighted by Crippen LogP contribution is -2.26. The van der Waals surface area contributed by atoms with E-state index < -0.39 is 0 Å². The Hall–Kier alpha value is -3.34. The number of rotatable bonds is 4. The molecule has 0 aliphatic carbocycles.